The van der Waals surface area contributed by atoms with Gasteiger partial charge in [-0.25, -0.2) is 0 Å². The highest BCUT2D eigenvalue weighted by molar-refractivity contribution is 5.76. The molecule has 6 N–H and O–H groups in total. The number of nitrogens with one attached hydrogen (secondary N) is 1. The summed E-state index contributed by atoms with van der Waals surface area (Å²) in [7, 11) is 0. The van der Waals surface area contributed by atoms with Gasteiger partial charge in [0, 0.05) is 6.42 Å². The topological polar surface area (TPSA) is 149 Å². The number of unbranched alkanes of at least 4 members (excludes halogenated alkanes) is 42. The van der Waals surface area contributed by atoms with Crippen LogP contribution in [0.4, 0.5) is 0 Å². The van der Waals surface area contributed by atoms with Gasteiger partial charge in [0.2, 0.25) is 5.91 Å². The Morgan fingerprint density at radius 1 is 0.448 bits per heavy atom. The zero-order valence-corrected chi connectivity index (χ0v) is 44.4. The summed E-state index contributed by atoms with van der Waals surface area (Å²) < 4.78 is 11.3. The minimum Gasteiger partial charge on any atom is -0.394 e. The van der Waals surface area contributed by atoms with E-state index in [4.69, 9.17) is 9.47 Å². The number of amides is 1. The van der Waals surface area contributed by atoms with Crippen molar-refractivity contribution >= 4 is 5.91 Å². The van der Waals surface area contributed by atoms with Gasteiger partial charge in [-0.05, 0) is 12.8 Å². The summed E-state index contributed by atoms with van der Waals surface area (Å²) >= 11 is 0. The molecule has 7 atom stereocenters. The molecule has 1 rings (SSSR count). The maximum Gasteiger partial charge on any atom is 0.220 e. The van der Waals surface area contributed by atoms with E-state index in [2.05, 4.69) is 19.2 Å². The van der Waals surface area contributed by atoms with Crippen LogP contribution in [0.25, 0.3) is 0 Å². The number of rotatable bonds is 52. The van der Waals surface area contributed by atoms with Gasteiger partial charge < -0.3 is 40.3 Å². The van der Waals surface area contributed by atoms with Crippen molar-refractivity contribution < 1.29 is 39.8 Å². The predicted octanol–water partition coefficient (Wildman–Crippen LogP) is 14.6. The Hall–Kier alpha value is -0.810. The number of hydrogen-bond acceptors (Lipinski definition) is 8. The SMILES string of the molecule is CCCCCCCCCCCCCCCCCCCCCCCCCCCCCCCCCCCCC(=O)N[C@@H](CO[C@@H]1O[C@H](CO)[C@@H](O)C(O)C1O)[C@H](O)CCCCCCCCCCCC. The van der Waals surface area contributed by atoms with Crippen molar-refractivity contribution in [1.82, 2.24) is 5.32 Å². The summed E-state index contributed by atoms with van der Waals surface area (Å²) in [5.74, 6) is -0.139. The van der Waals surface area contributed by atoms with E-state index in [0.29, 0.717) is 12.8 Å². The molecule has 2 unspecified atom stereocenters. The smallest absolute Gasteiger partial charge is 0.220 e. The Kier molecular flexibility index (Phi) is 46.8. The summed E-state index contributed by atoms with van der Waals surface area (Å²) in [6, 6.07) is -0.712. The van der Waals surface area contributed by atoms with Crippen molar-refractivity contribution in [3.63, 3.8) is 0 Å². The highest BCUT2D eigenvalue weighted by Crippen LogP contribution is 2.23. The highest BCUT2D eigenvalue weighted by Gasteiger charge is 2.44. The molecule has 0 aromatic heterocycles. The molecule has 1 fully saturated rings. The molecule has 0 aliphatic carbocycles. The molecule has 1 aliphatic heterocycles. The average Bonchev–Trinajstić information content (AvgIpc) is 3.33. The third-order valence-electron chi connectivity index (χ3n) is 14.7. The molecule has 0 aromatic carbocycles. The van der Waals surface area contributed by atoms with Crippen LogP contribution in [0.3, 0.4) is 0 Å². The van der Waals surface area contributed by atoms with Crippen LogP contribution in [0.5, 0.6) is 0 Å². The van der Waals surface area contributed by atoms with Gasteiger partial charge in [-0.15, -0.1) is 0 Å². The summed E-state index contributed by atoms with van der Waals surface area (Å²) in [6.07, 6.45) is 51.8. The van der Waals surface area contributed by atoms with Crippen molar-refractivity contribution in [2.24, 2.45) is 0 Å². The number of carbonyl (C=O) groups is 1. The minimum absolute atomic E-state index is 0.132. The van der Waals surface area contributed by atoms with Crippen LogP contribution in [-0.2, 0) is 14.3 Å². The molecule has 0 bridgehead atoms. The fourth-order valence-corrected chi connectivity index (χ4v) is 9.99. The van der Waals surface area contributed by atoms with E-state index in [-0.39, 0.29) is 12.5 Å². The summed E-state index contributed by atoms with van der Waals surface area (Å²) in [6.45, 7) is 3.85. The molecule has 1 heterocycles. The first kappa shape index (κ1) is 64.2. The van der Waals surface area contributed by atoms with Gasteiger partial charge in [-0.3, -0.25) is 4.79 Å². The van der Waals surface area contributed by atoms with E-state index in [1.165, 1.54) is 244 Å². The molecule has 9 heteroatoms. The highest BCUT2D eigenvalue weighted by atomic mass is 16.7. The first-order valence-electron chi connectivity index (χ1n) is 29.7. The molecular weight excluding hydrogens is 839 g/mol. The van der Waals surface area contributed by atoms with Crippen LogP contribution in [0.15, 0.2) is 0 Å². The lowest BCUT2D eigenvalue weighted by atomic mass is 9.99. The molecule has 0 radical (unpaired) electrons. The van der Waals surface area contributed by atoms with Crippen LogP contribution < -0.4 is 5.32 Å². The molecule has 1 aliphatic rings. The van der Waals surface area contributed by atoms with Crippen LogP contribution in [0.2, 0.25) is 0 Å². The van der Waals surface area contributed by atoms with Gasteiger partial charge in [0.15, 0.2) is 6.29 Å². The lowest BCUT2D eigenvalue weighted by molar-refractivity contribution is -0.302. The van der Waals surface area contributed by atoms with E-state index in [0.717, 1.165) is 38.5 Å². The minimum atomic E-state index is -1.55. The van der Waals surface area contributed by atoms with Gasteiger partial charge in [0.05, 0.1) is 25.4 Å². The molecule has 0 aromatic rings. The number of ether oxygens (including phenoxy) is 2. The fraction of sp³-hybridized carbons (Fsp3) is 0.983. The van der Waals surface area contributed by atoms with Gasteiger partial charge in [0.25, 0.3) is 0 Å². The van der Waals surface area contributed by atoms with Crippen molar-refractivity contribution in [2.45, 2.75) is 352 Å². The first-order valence-corrected chi connectivity index (χ1v) is 29.7. The molecule has 0 saturated carbocycles. The van der Waals surface area contributed by atoms with E-state index in [1.807, 2.05) is 0 Å². The quantitative estimate of drug-likeness (QED) is 0.0330. The average molecular weight is 955 g/mol. The molecule has 400 valence electrons. The van der Waals surface area contributed by atoms with Gasteiger partial charge in [0.1, 0.15) is 24.4 Å². The normalized spacial score (nSPS) is 19.5. The molecule has 1 amide bonds. The molecule has 9 nitrogen and oxygen atoms in total. The maximum absolute atomic E-state index is 13.0. The third-order valence-corrected chi connectivity index (χ3v) is 14.7. The Morgan fingerprint density at radius 3 is 1.06 bits per heavy atom. The largest absolute Gasteiger partial charge is 0.394 e. The van der Waals surface area contributed by atoms with Crippen molar-refractivity contribution in [3.05, 3.63) is 0 Å². The van der Waals surface area contributed by atoms with Crippen molar-refractivity contribution in [1.29, 1.82) is 0 Å². The number of aliphatic hydroxyl groups excluding tert-OH is 5. The maximum atomic E-state index is 13.0. The Labute approximate surface area is 414 Å². The monoisotopic (exact) mass is 954 g/mol. The van der Waals surface area contributed by atoms with Gasteiger partial charge in [-0.2, -0.15) is 0 Å². The number of carbonyl (C=O) groups excluding carboxylic acids is 1. The van der Waals surface area contributed by atoms with Crippen LogP contribution >= 0.6 is 0 Å². The first-order chi connectivity index (χ1) is 32.8. The van der Waals surface area contributed by atoms with E-state index >= 15 is 0 Å². The summed E-state index contributed by atoms with van der Waals surface area (Å²) in [5.41, 5.74) is 0. The number of hydrogen-bond donors (Lipinski definition) is 6. The van der Waals surface area contributed by atoms with Gasteiger partial charge >= 0.3 is 0 Å². The Bertz CT molecular complexity index is 1020. The standard InChI is InChI=1S/C58H115NO8/c1-3-5-7-9-11-13-15-16-17-18-19-20-21-22-23-24-25-26-27-28-29-30-31-32-33-34-35-36-37-38-40-42-44-46-48-54(62)59-51(50-66-58-57(65)56(64)55(63)53(49-60)67-58)52(61)47-45-43-41-39-14-12-10-8-6-4-2/h51-53,55-58,60-61,63-65H,3-50H2,1-2H3,(H,59,62)/t51-,52+,53+,55+,56?,57?,58+/m0/s1. The predicted molar refractivity (Wildman–Crippen MR) is 281 cm³/mol. The molecule has 1 saturated heterocycles. The second-order valence-electron chi connectivity index (χ2n) is 21.2. The lowest BCUT2D eigenvalue weighted by Gasteiger charge is -2.40. The zero-order chi connectivity index (χ0) is 48.7. The second kappa shape index (κ2) is 48.8. The Morgan fingerprint density at radius 2 is 0.746 bits per heavy atom. The molecule has 67 heavy (non-hydrogen) atoms. The Balaban J connectivity index is 2.02. The lowest BCUT2D eigenvalue weighted by Crippen LogP contribution is -2.60. The second-order valence-corrected chi connectivity index (χ2v) is 21.2. The number of aliphatic hydroxyl groups is 5. The summed E-state index contributed by atoms with van der Waals surface area (Å²) in [5, 5.41) is 54.4. The molecular formula is C58H115NO8. The van der Waals surface area contributed by atoms with Gasteiger partial charge in [-0.1, -0.05) is 290 Å². The van der Waals surface area contributed by atoms with Crippen LogP contribution in [0, 0.1) is 0 Å². The van der Waals surface area contributed by atoms with Crippen molar-refractivity contribution in [2.75, 3.05) is 13.2 Å². The van der Waals surface area contributed by atoms with Crippen molar-refractivity contribution in [3.8, 4) is 0 Å². The van der Waals surface area contributed by atoms with E-state index in [1.54, 1.807) is 0 Å². The molecule has 0 spiro atoms. The van der Waals surface area contributed by atoms with E-state index in [9.17, 15) is 30.3 Å². The summed E-state index contributed by atoms with van der Waals surface area (Å²) in [4.78, 5) is 13.0. The van der Waals surface area contributed by atoms with Crippen LogP contribution in [-0.4, -0.2) is 87.5 Å². The zero-order valence-electron chi connectivity index (χ0n) is 44.4. The third kappa shape index (κ3) is 38.5. The van der Waals surface area contributed by atoms with Crippen LogP contribution in [0.1, 0.15) is 309 Å². The van der Waals surface area contributed by atoms with E-state index < -0.39 is 49.5 Å². The fourth-order valence-electron chi connectivity index (χ4n) is 9.99.